The largest absolute Gasteiger partial charge is 0.491 e. The van der Waals surface area contributed by atoms with E-state index < -0.39 is 18.1 Å². The number of esters is 2. The van der Waals surface area contributed by atoms with Gasteiger partial charge in [0.05, 0.1) is 5.56 Å². The molecule has 0 bridgehead atoms. The first-order valence-corrected chi connectivity index (χ1v) is 5.38. The van der Waals surface area contributed by atoms with Gasteiger partial charge in [0.15, 0.2) is 0 Å². The van der Waals surface area contributed by atoms with Crippen LogP contribution in [0.2, 0.25) is 0 Å². The molecule has 1 aliphatic heterocycles. The van der Waals surface area contributed by atoms with Crippen LogP contribution in [-0.2, 0) is 9.53 Å². The van der Waals surface area contributed by atoms with E-state index in [1.807, 2.05) is 0 Å². The predicted molar refractivity (Wildman–Crippen MR) is 56.3 cm³/mol. The molecule has 2 rings (SSSR count). The van der Waals surface area contributed by atoms with Gasteiger partial charge in [-0.25, -0.2) is 9.59 Å². The van der Waals surface area contributed by atoms with Gasteiger partial charge in [0, 0.05) is 30.9 Å². The number of rotatable bonds is 2. The summed E-state index contributed by atoms with van der Waals surface area (Å²) < 4.78 is 39.4. The van der Waals surface area contributed by atoms with Crippen molar-refractivity contribution in [2.75, 3.05) is 13.1 Å². The average Bonchev–Trinajstić information content (AvgIpc) is 2.26. The number of hydrogen-bond acceptors (Lipinski definition) is 5. The summed E-state index contributed by atoms with van der Waals surface area (Å²) in [5.41, 5.74) is 0.533. The smallest absolute Gasteiger partial charge is 0.383 e. The summed E-state index contributed by atoms with van der Waals surface area (Å²) in [5.74, 6) is -3.67. The second-order valence-electron chi connectivity index (χ2n) is 4.00. The summed E-state index contributed by atoms with van der Waals surface area (Å²) in [5, 5.41) is 3.04. The Morgan fingerprint density at radius 1 is 1.32 bits per heavy atom. The first kappa shape index (κ1) is 13.5. The number of pyridine rings is 1. The van der Waals surface area contributed by atoms with E-state index in [1.54, 1.807) is 0 Å². The van der Waals surface area contributed by atoms with Crippen molar-refractivity contribution >= 4 is 11.9 Å². The minimum atomic E-state index is -5.19. The van der Waals surface area contributed by atoms with Crippen molar-refractivity contribution in [2.24, 2.45) is 0 Å². The van der Waals surface area contributed by atoms with Crippen molar-refractivity contribution < 1.29 is 27.5 Å². The minimum Gasteiger partial charge on any atom is -0.383 e. The van der Waals surface area contributed by atoms with Crippen LogP contribution in [0, 0.1) is 0 Å². The maximum absolute atomic E-state index is 11.9. The molecule has 102 valence electrons. The molecule has 19 heavy (non-hydrogen) atoms. The van der Waals surface area contributed by atoms with E-state index in [-0.39, 0.29) is 11.5 Å². The lowest BCUT2D eigenvalue weighted by molar-refractivity contribution is -0.193. The van der Waals surface area contributed by atoms with Crippen LogP contribution in [0.4, 0.5) is 13.2 Å². The van der Waals surface area contributed by atoms with E-state index in [0.717, 1.165) is 25.0 Å². The lowest BCUT2D eigenvalue weighted by atomic mass is 9.98. The Morgan fingerprint density at radius 2 is 2.00 bits per heavy atom. The zero-order valence-corrected chi connectivity index (χ0v) is 9.53. The number of ether oxygens (including phenoxy) is 1. The molecule has 1 saturated heterocycles. The Bertz CT molecular complexity index is 495. The molecule has 0 atom stereocenters. The topological polar surface area (TPSA) is 68.3 Å². The van der Waals surface area contributed by atoms with Crippen LogP contribution in [0.15, 0.2) is 18.3 Å². The Hall–Kier alpha value is -1.96. The molecule has 1 fully saturated rings. The first-order valence-electron chi connectivity index (χ1n) is 5.38. The van der Waals surface area contributed by atoms with Crippen LogP contribution in [0.1, 0.15) is 22.0 Å². The zero-order chi connectivity index (χ0) is 14.0. The monoisotopic (exact) mass is 274 g/mol. The molecule has 0 aliphatic carbocycles. The van der Waals surface area contributed by atoms with Gasteiger partial charge in [-0.1, -0.05) is 0 Å². The highest BCUT2D eigenvalue weighted by Gasteiger charge is 2.42. The van der Waals surface area contributed by atoms with E-state index in [2.05, 4.69) is 15.0 Å². The third kappa shape index (κ3) is 3.08. The van der Waals surface area contributed by atoms with Gasteiger partial charge < -0.3 is 10.1 Å². The van der Waals surface area contributed by atoms with Crippen molar-refractivity contribution in [1.82, 2.24) is 10.3 Å². The van der Waals surface area contributed by atoms with Crippen LogP contribution in [0.5, 0.6) is 0 Å². The molecular formula is C11H9F3N2O3. The van der Waals surface area contributed by atoms with E-state index in [0.29, 0.717) is 0 Å². The zero-order valence-electron chi connectivity index (χ0n) is 9.53. The van der Waals surface area contributed by atoms with Crippen LogP contribution >= 0.6 is 0 Å². The van der Waals surface area contributed by atoms with Crippen molar-refractivity contribution in [3.63, 3.8) is 0 Å². The maximum Gasteiger partial charge on any atom is 0.491 e. The summed E-state index contributed by atoms with van der Waals surface area (Å²) >= 11 is 0. The molecule has 0 saturated carbocycles. The van der Waals surface area contributed by atoms with Gasteiger partial charge in [0.2, 0.25) is 0 Å². The van der Waals surface area contributed by atoms with Crippen molar-refractivity contribution in [3.8, 4) is 0 Å². The van der Waals surface area contributed by atoms with Gasteiger partial charge in [-0.15, -0.1) is 0 Å². The molecule has 5 nitrogen and oxygen atoms in total. The molecular weight excluding hydrogens is 265 g/mol. The Labute approximate surface area is 105 Å². The fraction of sp³-hybridized carbons (Fsp3) is 0.364. The van der Waals surface area contributed by atoms with Gasteiger partial charge >= 0.3 is 18.1 Å². The van der Waals surface area contributed by atoms with Crippen molar-refractivity contribution in [3.05, 3.63) is 29.6 Å². The molecule has 1 aromatic heterocycles. The van der Waals surface area contributed by atoms with Gasteiger partial charge in [-0.2, -0.15) is 13.2 Å². The van der Waals surface area contributed by atoms with Crippen LogP contribution in [0.3, 0.4) is 0 Å². The maximum atomic E-state index is 11.9. The lowest BCUT2D eigenvalue weighted by Gasteiger charge is -2.26. The fourth-order valence-electron chi connectivity index (χ4n) is 1.47. The predicted octanol–water partition coefficient (Wildman–Crippen LogP) is 1.01. The number of hydrogen-bond donors (Lipinski definition) is 1. The number of carbonyl (C=O) groups is 2. The average molecular weight is 274 g/mol. The summed E-state index contributed by atoms with van der Waals surface area (Å²) in [6.07, 6.45) is -4.10. The Balaban J connectivity index is 2.01. The molecule has 1 aliphatic rings. The minimum absolute atomic E-state index is 0.200. The highest BCUT2D eigenvalue weighted by atomic mass is 19.4. The molecule has 2 heterocycles. The van der Waals surface area contributed by atoms with Gasteiger partial charge in [0.25, 0.3) is 0 Å². The molecule has 0 aromatic carbocycles. The highest BCUT2D eigenvalue weighted by Crippen LogP contribution is 2.19. The van der Waals surface area contributed by atoms with Crippen LogP contribution in [-0.4, -0.2) is 36.2 Å². The highest BCUT2D eigenvalue weighted by molar-refractivity contribution is 5.97. The number of halogens is 3. The van der Waals surface area contributed by atoms with E-state index in [1.165, 1.54) is 12.1 Å². The van der Waals surface area contributed by atoms with Gasteiger partial charge in [0.1, 0.15) is 0 Å². The van der Waals surface area contributed by atoms with E-state index in [9.17, 15) is 22.8 Å². The van der Waals surface area contributed by atoms with Gasteiger partial charge in [-0.3, -0.25) is 4.98 Å². The molecule has 1 N–H and O–H groups in total. The summed E-state index contributed by atoms with van der Waals surface area (Å²) in [6, 6.07) is 2.81. The molecule has 0 amide bonds. The standard InChI is InChI=1S/C11H9F3N2O3/c12-11(13,14)10(18)19-9(17)6-1-2-8(16-5-6)7-3-15-4-7/h1-2,5,7,15H,3-4H2. The summed E-state index contributed by atoms with van der Waals surface area (Å²) in [6.45, 7) is 1.53. The quantitative estimate of drug-likeness (QED) is 0.644. The first-order chi connectivity index (χ1) is 8.88. The molecule has 0 radical (unpaired) electrons. The van der Waals surface area contributed by atoms with E-state index in [4.69, 9.17) is 0 Å². The third-order valence-corrected chi connectivity index (χ3v) is 2.64. The molecule has 1 aromatic rings. The Morgan fingerprint density at radius 3 is 2.42 bits per heavy atom. The van der Waals surface area contributed by atoms with E-state index >= 15 is 0 Å². The normalized spacial score (nSPS) is 15.7. The van der Waals surface area contributed by atoms with Crippen molar-refractivity contribution in [2.45, 2.75) is 12.1 Å². The number of nitrogens with one attached hydrogen (secondary N) is 1. The number of alkyl halides is 3. The summed E-state index contributed by atoms with van der Waals surface area (Å²) in [7, 11) is 0. The molecule has 0 spiro atoms. The van der Waals surface area contributed by atoms with Gasteiger partial charge in [-0.05, 0) is 12.1 Å². The molecule has 0 unspecified atom stereocenters. The summed E-state index contributed by atoms with van der Waals surface area (Å²) in [4.78, 5) is 25.7. The number of nitrogens with zero attached hydrogens (tertiary/aromatic N) is 1. The molecule has 8 heteroatoms. The number of carbonyl (C=O) groups excluding carboxylic acids is 2. The number of aromatic nitrogens is 1. The fourth-order valence-corrected chi connectivity index (χ4v) is 1.47. The lowest BCUT2D eigenvalue weighted by Crippen LogP contribution is -2.40. The third-order valence-electron chi connectivity index (χ3n) is 2.64. The Kier molecular flexibility index (Phi) is 3.52. The van der Waals surface area contributed by atoms with Crippen molar-refractivity contribution in [1.29, 1.82) is 0 Å². The van der Waals surface area contributed by atoms with Crippen LogP contribution in [0.25, 0.3) is 0 Å². The SMILES string of the molecule is O=C(OC(=O)C(F)(F)F)c1ccc(C2CNC2)nc1. The van der Waals surface area contributed by atoms with Crippen LogP contribution < -0.4 is 5.32 Å². The second-order valence-corrected chi connectivity index (χ2v) is 4.00. The second kappa shape index (κ2) is 4.96.